The molecule has 16 heavy (non-hydrogen) atoms. The normalized spacial score (nSPS) is 25.9. The Bertz CT molecular complexity index is 329. The van der Waals surface area contributed by atoms with Gasteiger partial charge in [0.2, 0.25) is 0 Å². The topological polar surface area (TPSA) is 35.2 Å². The second-order valence-corrected chi connectivity index (χ2v) is 6.14. The van der Waals surface area contributed by atoms with Crippen molar-refractivity contribution >= 4 is 22.9 Å². The zero-order valence-electron chi connectivity index (χ0n) is 9.32. The number of nitrogens with two attached hydrogens (primary N) is 1. The Morgan fingerprint density at radius 1 is 1.38 bits per heavy atom. The summed E-state index contributed by atoms with van der Waals surface area (Å²) in [5.74, 6) is 0.546. The van der Waals surface area contributed by atoms with Crippen LogP contribution in [0, 0.1) is 5.92 Å². The van der Waals surface area contributed by atoms with E-state index >= 15 is 0 Å². The molecule has 2 N–H and O–H groups in total. The van der Waals surface area contributed by atoms with Crippen molar-refractivity contribution in [3.8, 4) is 0 Å². The molecule has 4 heteroatoms. The molecule has 1 fully saturated rings. The standard InChI is InChI=1S/C12H18ClNOS/c13-12-6-5-10(16-12)8-15-11-4-2-1-3-9(11)7-14/h5-6,9,11H,1-4,7-8,14H2. The van der Waals surface area contributed by atoms with Gasteiger partial charge in [-0.05, 0) is 37.4 Å². The Hall–Kier alpha value is -0.0900. The zero-order valence-corrected chi connectivity index (χ0v) is 10.9. The van der Waals surface area contributed by atoms with Crippen molar-refractivity contribution in [3.05, 3.63) is 21.3 Å². The molecule has 1 aliphatic carbocycles. The lowest BCUT2D eigenvalue weighted by Crippen LogP contribution is -2.32. The molecule has 2 nitrogen and oxygen atoms in total. The average Bonchev–Trinajstić information content (AvgIpc) is 2.73. The summed E-state index contributed by atoms with van der Waals surface area (Å²) in [4.78, 5) is 1.20. The van der Waals surface area contributed by atoms with E-state index in [-0.39, 0.29) is 0 Å². The minimum Gasteiger partial charge on any atom is -0.372 e. The maximum atomic E-state index is 5.96. The van der Waals surface area contributed by atoms with Crippen LogP contribution in [0.4, 0.5) is 0 Å². The third-order valence-electron chi connectivity index (χ3n) is 3.21. The first-order chi connectivity index (χ1) is 7.79. The Labute approximate surface area is 106 Å². The largest absolute Gasteiger partial charge is 0.372 e. The van der Waals surface area contributed by atoms with Crippen molar-refractivity contribution in [3.63, 3.8) is 0 Å². The quantitative estimate of drug-likeness (QED) is 0.899. The van der Waals surface area contributed by atoms with Gasteiger partial charge in [0.1, 0.15) is 0 Å². The van der Waals surface area contributed by atoms with E-state index in [1.165, 1.54) is 24.1 Å². The Balaban J connectivity index is 1.84. The van der Waals surface area contributed by atoms with E-state index in [0.717, 1.165) is 17.3 Å². The van der Waals surface area contributed by atoms with Gasteiger partial charge in [0.05, 0.1) is 17.0 Å². The molecule has 2 atom stereocenters. The van der Waals surface area contributed by atoms with E-state index in [4.69, 9.17) is 22.1 Å². The Morgan fingerprint density at radius 3 is 2.88 bits per heavy atom. The van der Waals surface area contributed by atoms with Gasteiger partial charge in [-0.1, -0.05) is 24.4 Å². The molecular formula is C12H18ClNOS. The summed E-state index contributed by atoms with van der Waals surface area (Å²) in [5.41, 5.74) is 5.77. The highest BCUT2D eigenvalue weighted by atomic mass is 35.5. The van der Waals surface area contributed by atoms with Crippen molar-refractivity contribution in [2.45, 2.75) is 38.4 Å². The first-order valence-electron chi connectivity index (χ1n) is 5.85. The lowest BCUT2D eigenvalue weighted by molar-refractivity contribution is -0.0171. The van der Waals surface area contributed by atoms with Crippen LogP contribution in [-0.2, 0) is 11.3 Å². The van der Waals surface area contributed by atoms with Crippen molar-refractivity contribution in [1.29, 1.82) is 0 Å². The molecule has 0 amide bonds. The number of hydrogen-bond acceptors (Lipinski definition) is 3. The second kappa shape index (κ2) is 6.01. The lowest BCUT2D eigenvalue weighted by atomic mass is 9.86. The molecule has 1 aromatic rings. The van der Waals surface area contributed by atoms with Gasteiger partial charge < -0.3 is 10.5 Å². The van der Waals surface area contributed by atoms with Crippen molar-refractivity contribution < 1.29 is 4.74 Å². The Morgan fingerprint density at radius 2 is 2.19 bits per heavy atom. The third kappa shape index (κ3) is 3.20. The van der Waals surface area contributed by atoms with Gasteiger partial charge in [-0.3, -0.25) is 0 Å². The van der Waals surface area contributed by atoms with E-state index in [1.54, 1.807) is 11.3 Å². The summed E-state index contributed by atoms with van der Waals surface area (Å²) in [7, 11) is 0. The van der Waals surface area contributed by atoms with Gasteiger partial charge in [-0.2, -0.15) is 0 Å². The molecule has 0 aromatic carbocycles. The number of rotatable bonds is 4. The average molecular weight is 260 g/mol. The van der Waals surface area contributed by atoms with Gasteiger partial charge in [0, 0.05) is 4.88 Å². The van der Waals surface area contributed by atoms with Crippen molar-refractivity contribution in [2.24, 2.45) is 11.7 Å². The second-order valence-electron chi connectivity index (χ2n) is 4.34. The van der Waals surface area contributed by atoms with Gasteiger partial charge >= 0.3 is 0 Å². The lowest BCUT2D eigenvalue weighted by Gasteiger charge is -2.30. The summed E-state index contributed by atoms with van der Waals surface area (Å²) in [6.07, 6.45) is 5.28. The molecule has 90 valence electrons. The molecule has 0 spiro atoms. The zero-order chi connectivity index (χ0) is 11.4. The number of thiophene rings is 1. The van der Waals surface area contributed by atoms with Gasteiger partial charge in [-0.25, -0.2) is 0 Å². The SMILES string of the molecule is NCC1CCCCC1OCc1ccc(Cl)s1. The number of hydrogen-bond donors (Lipinski definition) is 1. The monoisotopic (exact) mass is 259 g/mol. The summed E-state index contributed by atoms with van der Waals surface area (Å²) in [6, 6.07) is 3.96. The van der Waals surface area contributed by atoms with Gasteiger partial charge in [-0.15, -0.1) is 11.3 Å². The maximum absolute atomic E-state index is 5.96. The molecule has 1 heterocycles. The summed E-state index contributed by atoms with van der Waals surface area (Å²) in [6.45, 7) is 1.43. The minimum absolute atomic E-state index is 0.347. The highest BCUT2D eigenvalue weighted by molar-refractivity contribution is 7.16. The van der Waals surface area contributed by atoms with Crippen LogP contribution in [0.1, 0.15) is 30.6 Å². The molecule has 0 bridgehead atoms. The van der Waals surface area contributed by atoms with Crippen LogP contribution in [0.2, 0.25) is 4.34 Å². The van der Waals surface area contributed by atoms with Crippen LogP contribution in [0.25, 0.3) is 0 Å². The fourth-order valence-electron chi connectivity index (χ4n) is 2.28. The van der Waals surface area contributed by atoms with Crippen LogP contribution in [0.3, 0.4) is 0 Å². The maximum Gasteiger partial charge on any atom is 0.0932 e. The highest BCUT2D eigenvalue weighted by Gasteiger charge is 2.24. The van der Waals surface area contributed by atoms with E-state index in [2.05, 4.69) is 0 Å². The molecular weight excluding hydrogens is 242 g/mol. The smallest absolute Gasteiger partial charge is 0.0932 e. The van der Waals surface area contributed by atoms with Crippen molar-refractivity contribution in [2.75, 3.05) is 6.54 Å². The molecule has 1 saturated carbocycles. The third-order valence-corrected chi connectivity index (χ3v) is 4.42. The fraction of sp³-hybridized carbons (Fsp3) is 0.667. The fourth-order valence-corrected chi connectivity index (χ4v) is 3.29. The van der Waals surface area contributed by atoms with E-state index in [1.807, 2.05) is 12.1 Å². The molecule has 1 aromatic heterocycles. The van der Waals surface area contributed by atoms with Crippen LogP contribution >= 0.6 is 22.9 Å². The number of halogens is 1. The Kier molecular flexibility index (Phi) is 4.65. The van der Waals surface area contributed by atoms with E-state index < -0.39 is 0 Å². The molecule has 2 rings (SSSR count). The summed E-state index contributed by atoms with van der Waals surface area (Å²) < 4.78 is 6.79. The predicted octanol–water partition coefficient (Wildman–Crippen LogP) is 3.44. The highest BCUT2D eigenvalue weighted by Crippen LogP contribution is 2.28. The molecule has 0 saturated heterocycles. The van der Waals surface area contributed by atoms with Gasteiger partial charge in [0.25, 0.3) is 0 Å². The predicted molar refractivity (Wildman–Crippen MR) is 68.9 cm³/mol. The first kappa shape index (κ1) is 12.4. The molecule has 1 aliphatic rings. The summed E-state index contributed by atoms with van der Waals surface area (Å²) >= 11 is 7.48. The molecule has 0 aliphatic heterocycles. The summed E-state index contributed by atoms with van der Waals surface area (Å²) in [5, 5.41) is 0. The first-order valence-corrected chi connectivity index (χ1v) is 7.05. The minimum atomic E-state index is 0.347. The molecule has 2 unspecified atom stereocenters. The van der Waals surface area contributed by atoms with E-state index in [0.29, 0.717) is 18.6 Å². The van der Waals surface area contributed by atoms with Crippen LogP contribution < -0.4 is 5.73 Å². The van der Waals surface area contributed by atoms with Crippen LogP contribution in [0.5, 0.6) is 0 Å². The van der Waals surface area contributed by atoms with E-state index in [9.17, 15) is 0 Å². The van der Waals surface area contributed by atoms with Crippen molar-refractivity contribution in [1.82, 2.24) is 0 Å². The number of ether oxygens (including phenoxy) is 1. The molecule has 0 radical (unpaired) electrons. The van der Waals surface area contributed by atoms with Gasteiger partial charge in [0.15, 0.2) is 0 Å². The van der Waals surface area contributed by atoms with Crippen LogP contribution in [0.15, 0.2) is 12.1 Å². The van der Waals surface area contributed by atoms with Crippen LogP contribution in [-0.4, -0.2) is 12.6 Å².